The number of benzene rings is 2. The highest BCUT2D eigenvalue weighted by molar-refractivity contribution is 7.15. The number of nitrogens with zero attached hydrogens (tertiary/aromatic N) is 2. The molecule has 0 fully saturated rings. The Morgan fingerprint density at radius 1 is 1.17 bits per heavy atom. The molecule has 1 N–H and O–H groups in total. The molecule has 0 unspecified atom stereocenters. The monoisotopic (exact) mass is 359 g/mol. The molecule has 7 heteroatoms. The molecule has 24 heavy (non-hydrogen) atoms. The van der Waals surface area contributed by atoms with Gasteiger partial charge in [-0.3, -0.25) is 10.1 Å². The average Bonchev–Trinajstić information content (AvgIpc) is 3.03. The largest absolute Gasteiger partial charge is 0.496 e. The van der Waals surface area contributed by atoms with E-state index in [0.717, 1.165) is 16.3 Å². The summed E-state index contributed by atoms with van der Waals surface area (Å²) in [6.45, 7) is 0. The molecule has 0 spiro atoms. The molecular weight excluding hydrogens is 346 g/mol. The minimum absolute atomic E-state index is 0.244. The van der Waals surface area contributed by atoms with E-state index in [2.05, 4.69) is 15.5 Å². The van der Waals surface area contributed by atoms with E-state index in [1.807, 2.05) is 24.3 Å². The number of ether oxygens (including phenoxy) is 1. The topological polar surface area (TPSA) is 64.1 Å². The van der Waals surface area contributed by atoms with E-state index >= 15 is 0 Å². The van der Waals surface area contributed by atoms with E-state index < -0.39 is 0 Å². The zero-order chi connectivity index (χ0) is 16.9. The molecule has 1 heterocycles. The lowest BCUT2D eigenvalue weighted by molar-refractivity contribution is 0.102. The van der Waals surface area contributed by atoms with Crippen molar-refractivity contribution in [3.8, 4) is 5.75 Å². The Hall–Kier alpha value is -2.44. The van der Waals surface area contributed by atoms with Gasteiger partial charge in [-0.1, -0.05) is 41.1 Å². The Morgan fingerprint density at radius 3 is 2.67 bits per heavy atom. The van der Waals surface area contributed by atoms with Gasteiger partial charge in [0, 0.05) is 22.6 Å². The maximum Gasteiger partial charge on any atom is 0.257 e. The molecule has 0 radical (unpaired) electrons. The maximum absolute atomic E-state index is 12.2. The standard InChI is InChI=1S/C17H14ClN3O2S/c1-23-14-5-3-2-4-12(14)10-15-20-21-17(24-15)19-16(22)11-6-8-13(18)9-7-11/h2-9H,10H2,1H3,(H,19,21,22). The lowest BCUT2D eigenvalue weighted by atomic mass is 10.1. The number of hydrogen-bond donors (Lipinski definition) is 1. The normalized spacial score (nSPS) is 10.4. The van der Waals surface area contributed by atoms with Crippen LogP contribution in [0.4, 0.5) is 5.13 Å². The van der Waals surface area contributed by atoms with Gasteiger partial charge in [-0.25, -0.2) is 0 Å². The van der Waals surface area contributed by atoms with E-state index in [-0.39, 0.29) is 5.91 Å². The molecule has 0 bridgehead atoms. The summed E-state index contributed by atoms with van der Waals surface area (Å²) in [5.41, 5.74) is 1.53. The van der Waals surface area contributed by atoms with Crippen LogP contribution in [0.2, 0.25) is 5.02 Å². The first-order valence-electron chi connectivity index (χ1n) is 7.17. The van der Waals surface area contributed by atoms with Crippen LogP contribution in [0.5, 0.6) is 5.75 Å². The van der Waals surface area contributed by atoms with Crippen molar-refractivity contribution in [3.05, 3.63) is 69.7 Å². The van der Waals surface area contributed by atoms with Gasteiger partial charge in [-0.15, -0.1) is 10.2 Å². The third-order valence-electron chi connectivity index (χ3n) is 3.33. The Kier molecular flexibility index (Phi) is 5.08. The summed E-state index contributed by atoms with van der Waals surface area (Å²) >= 11 is 7.16. The number of carbonyl (C=O) groups excluding carboxylic acids is 1. The van der Waals surface area contributed by atoms with Crippen LogP contribution in [0, 0.1) is 0 Å². The van der Waals surface area contributed by atoms with Gasteiger partial charge in [-0.05, 0) is 30.3 Å². The van der Waals surface area contributed by atoms with Crippen molar-refractivity contribution in [2.24, 2.45) is 0 Å². The molecule has 3 aromatic rings. The van der Waals surface area contributed by atoms with Crippen molar-refractivity contribution in [1.29, 1.82) is 0 Å². The minimum Gasteiger partial charge on any atom is -0.496 e. The summed E-state index contributed by atoms with van der Waals surface area (Å²) in [5, 5.41) is 12.7. The van der Waals surface area contributed by atoms with Crippen molar-refractivity contribution in [3.63, 3.8) is 0 Å². The van der Waals surface area contributed by atoms with E-state index in [9.17, 15) is 4.79 Å². The second-order valence-corrected chi connectivity index (χ2v) is 6.45. The average molecular weight is 360 g/mol. The second-order valence-electron chi connectivity index (χ2n) is 4.95. The Morgan fingerprint density at radius 2 is 1.92 bits per heavy atom. The van der Waals surface area contributed by atoms with Crippen LogP contribution in [0.25, 0.3) is 0 Å². The third-order valence-corrected chi connectivity index (χ3v) is 4.42. The molecule has 0 saturated carbocycles. The van der Waals surface area contributed by atoms with Gasteiger partial charge >= 0.3 is 0 Å². The van der Waals surface area contributed by atoms with Crippen LogP contribution in [0.3, 0.4) is 0 Å². The van der Waals surface area contributed by atoms with Crippen LogP contribution in [-0.2, 0) is 6.42 Å². The summed E-state index contributed by atoms with van der Waals surface area (Å²) < 4.78 is 5.33. The van der Waals surface area contributed by atoms with Crippen LogP contribution in [0.1, 0.15) is 20.9 Å². The lowest BCUT2D eigenvalue weighted by Gasteiger charge is -2.05. The van der Waals surface area contributed by atoms with Crippen molar-refractivity contribution in [1.82, 2.24) is 10.2 Å². The first-order chi connectivity index (χ1) is 11.7. The van der Waals surface area contributed by atoms with Gasteiger partial charge in [0.15, 0.2) is 0 Å². The smallest absolute Gasteiger partial charge is 0.257 e. The van der Waals surface area contributed by atoms with Crippen molar-refractivity contribution in [2.75, 3.05) is 12.4 Å². The predicted molar refractivity (Wildman–Crippen MR) is 95.1 cm³/mol. The minimum atomic E-state index is -0.244. The molecular formula is C17H14ClN3O2S. The van der Waals surface area contributed by atoms with Crippen molar-refractivity contribution < 1.29 is 9.53 Å². The van der Waals surface area contributed by atoms with Gasteiger partial charge in [0.2, 0.25) is 5.13 Å². The van der Waals surface area contributed by atoms with Crippen LogP contribution in [0.15, 0.2) is 48.5 Å². The van der Waals surface area contributed by atoms with E-state index in [0.29, 0.717) is 22.1 Å². The maximum atomic E-state index is 12.2. The molecule has 122 valence electrons. The summed E-state index contributed by atoms with van der Waals surface area (Å²) in [4.78, 5) is 12.2. The number of carbonyl (C=O) groups is 1. The van der Waals surface area contributed by atoms with Gasteiger partial charge in [-0.2, -0.15) is 0 Å². The highest BCUT2D eigenvalue weighted by atomic mass is 35.5. The number of hydrogen-bond acceptors (Lipinski definition) is 5. The summed E-state index contributed by atoms with van der Waals surface area (Å²) in [7, 11) is 1.64. The van der Waals surface area contributed by atoms with Crippen LogP contribution >= 0.6 is 22.9 Å². The second kappa shape index (κ2) is 7.42. The fraction of sp³-hybridized carbons (Fsp3) is 0.118. The number of anilines is 1. The van der Waals surface area contributed by atoms with Crippen LogP contribution in [-0.4, -0.2) is 23.2 Å². The fourth-order valence-electron chi connectivity index (χ4n) is 2.16. The molecule has 0 aliphatic rings. The number of aromatic nitrogens is 2. The molecule has 0 aliphatic heterocycles. The molecule has 1 aromatic heterocycles. The zero-order valence-corrected chi connectivity index (χ0v) is 14.4. The van der Waals surface area contributed by atoms with Gasteiger partial charge < -0.3 is 4.74 Å². The first-order valence-corrected chi connectivity index (χ1v) is 8.36. The number of para-hydroxylation sites is 1. The molecule has 0 atom stereocenters. The SMILES string of the molecule is COc1ccccc1Cc1nnc(NC(=O)c2ccc(Cl)cc2)s1. The lowest BCUT2D eigenvalue weighted by Crippen LogP contribution is -2.11. The molecule has 2 aromatic carbocycles. The van der Waals surface area contributed by atoms with Gasteiger partial charge in [0.25, 0.3) is 5.91 Å². The summed E-state index contributed by atoms with van der Waals surface area (Å²) in [5.74, 6) is 0.561. The van der Waals surface area contributed by atoms with E-state index in [4.69, 9.17) is 16.3 Å². The van der Waals surface area contributed by atoms with Crippen molar-refractivity contribution >= 4 is 34.0 Å². The fourth-order valence-corrected chi connectivity index (χ4v) is 3.04. The quantitative estimate of drug-likeness (QED) is 0.746. The predicted octanol–water partition coefficient (Wildman–Crippen LogP) is 4.04. The number of amides is 1. The molecule has 1 amide bonds. The zero-order valence-electron chi connectivity index (χ0n) is 12.8. The van der Waals surface area contributed by atoms with E-state index in [1.54, 1.807) is 31.4 Å². The van der Waals surface area contributed by atoms with Crippen LogP contribution < -0.4 is 10.1 Å². The number of nitrogens with one attached hydrogen (secondary N) is 1. The highest BCUT2D eigenvalue weighted by Crippen LogP contribution is 2.24. The molecule has 0 aliphatic carbocycles. The molecule has 3 rings (SSSR count). The summed E-state index contributed by atoms with van der Waals surface area (Å²) in [6, 6.07) is 14.4. The highest BCUT2D eigenvalue weighted by Gasteiger charge is 2.12. The van der Waals surface area contributed by atoms with E-state index in [1.165, 1.54) is 11.3 Å². The first kappa shape index (κ1) is 16.4. The molecule has 5 nitrogen and oxygen atoms in total. The summed E-state index contributed by atoms with van der Waals surface area (Å²) in [6.07, 6.45) is 0.596. The number of methoxy groups -OCH3 is 1. The Bertz CT molecular complexity index is 849. The third kappa shape index (κ3) is 3.90. The Labute approximate surface area is 148 Å². The van der Waals surface area contributed by atoms with Gasteiger partial charge in [0.05, 0.1) is 7.11 Å². The van der Waals surface area contributed by atoms with Crippen molar-refractivity contribution in [2.45, 2.75) is 6.42 Å². The number of halogens is 1. The van der Waals surface area contributed by atoms with Gasteiger partial charge in [0.1, 0.15) is 10.8 Å². The molecule has 0 saturated heterocycles. The Balaban J connectivity index is 1.69. The number of rotatable bonds is 5.